The average Bonchev–Trinajstić information content (AvgIpc) is 3.05. The maximum Gasteiger partial charge on any atom is 0.224 e. The van der Waals surface area contributed by atoms with Gasteiger partial charge in [0.05, 0.1) is 12.3 Å². The standard InChI is InChI=1S/C14H18N2O2/c15-9-10-16(12-4-1-2-5-12)14(17)8-7-13-6-3-11-18-13/h3,6,11-12H,1-2,4-5,7-8,10H2. The van der Waals surface area contributed by atoms with Gasteiger partial charge in [0.15, 0.2) is 0 Å². The van der Waals surface area contributed by atoms with Crippen molar-refractivity contribution < 1.29 is 9.21 Å². The molecule has 4 heteroatoms. The molecule has 1 amide bonds. The van der Waals surface area contributed by atoms with E-state index in [2.05, 4.69) is 6.07 Å². The number of carbonyl (C=O) groups is 1. The van der Waals surface area contributed by atoms with E-state index in [1.165, 1.54) is 0 Å². The summed E-state index contributed by atoms with van der Waals surface area (Å²) in [6.45, 7) is 0.210. The number of hydrogen-bond acceptors (Lipinski definition) is 3. The highest BCUT2D eigenvalue weighted by molar-refractivity contribution is 5.77. The van der Waals surface area contributed by atoms with Gasteiger partial charge >= 0.3 is 0 Å². The Morgan fingerprint density at radius 1 is 1.50 bits per heavy atom. The van der Waals surface area contributed by atoms with Gasteiger partial charge in [0, 0.05) is 18.9 Å². The number of hydrogen-bond donors (Lipinski definition) is 0. The molecule has 0 saturated heterocycles. The largest absolute Gasteiger partial charge is 0.469 e. The predicted octanol–water partition coefficient (Wildman–Crippen LogP) is 2.51. The molecule has 2 rings (SSSR count). The van der Waals surface area contributed by atoms with Gasteiger partial charge < -0.3 is 9.32 Å². The summed E-state index contributed by atoms with van der Waals surface area (Å²) in [7, 11) is 0. The van der Waals surface area contributed by atoms with Crippen molar-refractivity contribution in [2.75, 3.05) is 6.54 Å². The van der Waals surface area contributed by atoms with Crippen molar-refractivity contribution in [1.29, 1.82) is 5.26 Å². The Morgan fingerprint density at radius 3 is 2.89 bits per heavy atom. The summed E-state index contributed by atoms with van der Waals surface area (Å²) in [6, 6.07) is 6.07. The second-order valence-corrected chi connectivity index (χ2v) is 4.70. The third-order valence-corrected chi connectivity index (χ3v) is 3.49. The molecule has 1 aliphatic carbocycles. The van der Waals surface area contributed by atoms with Crippen molar-refractivity contribution in [1.82, 2.24) is 4.90 Å². The zero-order valence-corrected chi connectivity index (χ0v) is 10.5. The van der Waals surface area contributed by atoms with Crippen LogP contribution in [0.25, 0.3) is 0 Å². The van der Waals surface area contributed by atoms with Gasteiger partial charge in [-0.2, -0.15) is 5.26 Å². The molecule has 1 aromatic rings. The van der Waals surface area contributed by atoms with E-state index in [4.69, 9.17) is 9.68 Å². The first-order valence-corrected chi connectivity index (χ1v) is 6.50. The Kier molecular flexibility index (Phi) is 4.40. The summed E-state index contributed by atoms with van der Waals surface area (Å²) in [4.78, 5) is 13.9. The topological polar surface area (TPSA) is 57.2 Å². The fourth-order valence-electron chi connectivity index (χ4n) is 2.54. The molecule has 0 atom stereocenters. The van der Waals surface area contributed by atoms with Crippen LogP contribution < -0.4 is 0 Å². The molecule has 0 unspecified atom stereocenters. The Balaban J connectivity index is 1.89. The molecule has 0 radical (unpaired) electrons. The molecule has 0 bridgehead atoms. The minimum atomic E-state index is 0.0693. The second kappa shape index (κ2) is 6.25. The zero-order valence-electron chi connectivity index (χ0n) is 10.5. The van der Waals surface area contributed by atoms with Crippen LogP contribution in [0.4, 0.5) is 0 Å². The first-order chi connectivity index (χ1) is 8.81. The normalized spacial score (nSPS) is 15.5. The van der Waals surface area contributed by atoms with E-state index in [1.807, 2.05) is 12.1 Å². The van der Waals surface area contributed by atoms with E-state index in [0.717, 1.165) is 31.4 Å². The van der Waals surface area contributed by atoms with Crippen molar-refractivity contribution in [3.63, 3.8) is 0 Å². The smallest absolute Gasteiger partial charge is 0.224 e. The minimum absolute atomic E-state index is 0.0693. The highest BCUT2D eigenvalue weighted by atomic mass is 16.3. The summed E-state index contributed by atoms with van der Waals surface area (Å²) >= 11 is 0. The lowest BCUT2D eigenvalue weighted by molar-refractivity contribution is -0.132. The molecule has 0 spiro atoms. The van der Waals surface area contributed by atoms with Gasteiger partial charge in [0.2, 0.25) is 5.91 Å². The predicted molar refractivity (Wildman–Crippen MR) is 66.6 cm³/mol. The third kappa shape index (κ3) is 3.13. The first kappa shape index (κ1) is 12.7. The van der Waals surface area contributed by atoms with Crippen molar-refractivity contribution in [3.05, 3.63) is 24.2 Å². The molecule has 1 saturated carbocycles. The van der Waals surface area contributed by atoms with Crippen molar-refractivity contribution in [3.8, 4) is 6.07 Å². The van der Waals surface area contributed by atoms with Gasteiger partial charge in [-0.3, -0.25) is 4.79 Å². The minimum Gasteiger partial charge on any atom is -0.469 e. The van der Waals surface area contributed by atoms with Crippen LogP contribution in [0, 0.1) is 11.3 Å². The van der Waals surface area contributed by atoms with Crippen LogP contribution >= 0.6 is 0 Å². The highest BCUT2D eigenvalue weighted by Gasteiger charge is 2.26. The monoisotopic (exact) mass is 246 g/mol. The molecule has 4 nitrogen and oxygen atoms in total. The van der Waals surface area contributed by atoms with Gasteiger partial charge in [-0.25, -0.2) is 0 Å². The first-order valence-electron chi connectivity index (χ1n) is 6.50. The SMILES string of the molecule is N#CCN(C(=O)CCc1ccco1)C1CCCC1. The van der Waals surface area contributed by atoms with Crippen LogP contribution in [-0.4, -0.2) is 23.4 Å². The lowest BCUT2D eigenvalue weighted by atomic mass is 10.1. The van der Waals surface area contributed by atoms with Crippen molar-refractivity contribution in [2.24, 2.45) is 0 Å². The van der Waals surface area contributed by atoms with E-state index in [1.54, 1.807) is 11.2 Å². The van der Waals surface area contributed by atoms with Gasteiger partial charge in [0.1, 0.15) is 12.3 Å². The van der Waals surface area contributed by atoms with E-state index < -0.39 is 0 Å². The quantitative estimate of drug-likeness (QED) is 0.750. The van der Waals surface area contributed by atoms with Crippen molar-refractivity contribution >= 4 is 5.91 Å². The van der Waals surface area contributed by atoms with E-state index in [9.17, 15) is 4.79 Å². The van der Waals surface area contributed by atoms with Crippen molar-refractivity contribution in [2.45, 2.75) is 44.6 Å². The number of nitrogens with zero attached hydrogens (tertiary/aromatic N) is 2. The molecule has 1 aromatic heterocycles. The summed E-state index contributed by atoms with van der Waals surface area (Å²) in [5, 5.41) is 8.84. The number of carbonyl (C=O) groups excluding carboxylic acids is 1. The third-order valence-electron chi connectivity index (χ3n) is 3.49. The van der Waals surface area contributed by atoms with Gasteiger partial charge in [-0.1, -0.05) is 12.8 Å². The fraction of sp³-hybridized carbons (Fsp3) is 0.571. The number of aryl methyl sites for hydroxylation is 1. The lowest BCUT2D eigenvalue weighted by Gasteiger charge is -2.26. The van der Waals surface area contributed by atoms with Gasteiger partial charge in [0.25, 0.3) is 0 Å². The van der Waals surface area contributed by atoms with E-state index in [0.29, 0.717) is 12.8 Å². The zero-order chi connectivity index (χ0) is 12.8. The Morgan fingerprint density at radius 2 is 2.28 bits per heavy atom. The molecule has 96 valence electrons. The Bertz CT molecular complexity index is 414. The molecule has 1 heterocycles. The van der Waals surface area contributed by atoms with E-state index in [-0.39, 0.29) is 18.5 Å². The fourth-order valence-corrected chi connectivity index (χ4v) is 2.54. The summed E-state index contributed by atoms with van der Waals surface area (Å²) in [6.07, 6.45) is 7.05. The van der Waals surface area contributed by atoms with Gasteiger partial charge in [-0.15, -0.1) is 0 Å². The van der Waals surface area contributed by atoms with Crippen LogP contribution in [0.15, 0.2) is 22.8 Å². The molecule has 1 aliphatic rings. The van der Waals surface area contributed by atoms with Crippen LogP contribution in [0.3, 0.4) is 0 Å². The highest BCUT2D eigenvalue weighted by Crippen LogP contribution is 2.24. The number of nitriles is 1. The summed E-state index contributed by atoms with van der Waals surface area (Å²) in [5.74, 6) is 0.895. The Labute approximate surface area is 107 Å². The maximum absolute atomic E-state index is 12.1. The molecule has 0 N–H and O–H groups in total. The Hall–Kier alpha value is -1.76. The molecule has 1 fully saturated rings. The van der Waals surface area contributed by atoms with Gasteiger partial charge in [-0.05, 0) is 25.0 Å². The maximum atomic E-state index is 12.1. The molecule has 18 heavy (non-hydrogen) atoms. The number of furan rings is 1. The molecule has 0 aliphatic heterocycles. The second-order valence-electron chi connectivity index (χ2n) is 4.70. The molecule has 0 aromatic carbocycles. The molecular formula is C14H18N2O2. The lowest BCUT2D eigenvalue weighted by Crippen LogP contribution is -2.39. The van der Waals surface area contributed by atoms with Crippen LogP contribution in [0.5, 0.6) is 0 Å². The number of rotatable bonds is 5. The van der Waals surface area contributed by atoms with Crippen LogP contribution in [0.1, 0.15) is 37.9 Å². The molecular weight excluding hydrogens is 228 g/mol. The summed E-state index contributed by atoms with van der Waals surface area (Å²) < 4.78 is 5.21. The average molecular weight is 246 g/mol. The summed E-state index contributed by atoms with van der Waals surface area (Å²) in [5.41, 5.74) is 0. The number of amides is 1. The van der Waals surface area contributed by atoms with E-state index >= 15 is 0 Å². The van der Waals surface area contributed by atoms with Crippen LogP contribution in [0.2, 0.25) is 0 Å². The van der Waals surface area contributed by atoms with Crippen LogP contribution in [-0.2, 0) is 11.2 Å².